The van der Waals surface area contributed by atoms with Crippen LogP contribution in [0.5, 0.6) is 0 Å². The van der Waals surface area contributed by atoms with E-state index in [1.54, 1.807) is 0 Å². The first-order chi connectivity index (χ1) is 8.52. The molecule has 2 heteroatoms. The van der Waals surface area contributed by atoms with Crippen molar-refractivity contribution in [2.45, 2.75) is 39.5 Å². The van der Waals surface area contributed by atoms with Gasteiger partial charge in [0, 0.05) is 11.8 Å². The zero-order valence-corrected chi connectivity index (χ0v) is 11.8. The van der Waals surface area contributed by atoms with Gasteiger partial charge in [-0.1, -0.05) is 50.3 Å². The van der Waals surface area contributed by atoms with Crippen LogP contribution in [0.25, 0.3) is 0 Å². The second kappa shape index (κ2) is 6.29. The van der Waals surface area contributed by atoms with E-state index >= 15 is 0 Å². The Labute approximate surface area is 110 Å². The number of nitrogen functional groups attached to an aromatic ring is 2. The van der Waals surface area contributed by atoms with E-state index in [9.17, 15) is 0 Å². The van der Waals surface area contributed by atoms with Crippen molar-refractivity contribution in [1.29, 1.82) is 0 Å². The van der Waals surface area contributed by atoms with Crippen LogP contribution in [-0.4, -0.2) is 0 Å². The normalized spacial score (nSPS) is 15.3. The molecule has 1 aromatic rings. The maximum Gasteiger partial charge on any atom is 0.0589 e. The van der Waals surface area contributed by atoms with Crippen molar-refractivity contribution in [3.8, 4) is 0 Å². The smallest absolute Gasteiger partial charge is 0.0589 e. The highest BCUT2D eigenvalue weighted by atomic mass is 14.7. The van der Waals surface area contributed by atoms with Gasteiger partial charge in [-0.05, 0) is 25.0 Å². The van der Waals surface area contributed by atoms with Crippen molar-refractivity contribution in [3.63, 3.8) is 0 Å². The average Bonchev–Trinajstić information content (AvgIpc) is 2.33. The molecule has 98 valence electrons. The Morgan fingerprint density at radius 3 is 1.44 bits per heavy atom. The fourth-order valence-corrected chi connectivity index (χ4v) is 2.25. The van der Waals surface area contributed by atoms with Crippen LogP contribution in [-0.2, 0) is 0 Å². The minimum Gasteiger partial charge on any atom is -0.397 e. The SMILES string of the molecule is C/C=C/[C@@H](C)c1ccc([C@H](C)/C=C/C)c(N)c1N. The van der Waals surface area contributed by atoms with Crippen LogP contribution >= 0.6 is 0 Å². The molecule has 2 atom stereocenters. The molecule has 18 heavy (non-hydrogen) atoms. The first-order valence-corrected chi connectivity index (χ1v) is 6.46. The largest absolute Gasteiger partial charge is 0.397 e. The number of allylic oxidation sites excluding steroid dienone is 4. The Kier molecular flexibility index (Phi) is 5.02. The Morgan fingerprint density at radius 1 is 0.833 bits per heavy atom. The first kappa shape index (κ1) is 14.4. The number of benzene rings is 1. The van der Waals surface area contributed by atoms with E-state index in [4.69, 9.17) is 11.5 Å². The molecule has 0 heterocycles. The second-order valence-corrected chi connectivity index (χ2v) is 4.70. The van der Waals surface area contributed by atoms with E-state index in [1.807, 2.05) is 26.0 Å². The lowest BCUT2D eigenvalue weighted by Gasteiger charge is -2.18. The summed E-state index contributed by atoms with van der Waals surface area (Å²) in [5.74, 6) is 0.590. The quantitative estimate of drug-likeness (QED) is 0.615. The summed E-state index contributed by atoms with van der Waals surface area (Å²) in [7, 11) is 0. The third-order valence-corrected chi connectivity index (χ3v) is 3.30. The summed E-state index contributed by atoms with van der Waals surface area (Å²) < 4.78 is 0. The van der Waals surface area contributed by atoms with Gasteiger partial charge in [0.25, 0.3) is 0 Å². The van der Waals surface area contributed by atoms with Crippen LogP contribution in [0.2, 0.25) is 0 Å². The Bertz CT molecular complexity index is 415. The maximum atomic E-state index is 6.17. The number of hydrogen-bond donors (Lipinski definition) is 2. The van der Waals surface area contributed by atoms with Gasteiger partial charge in [-0.15, -0.1) is 0 Å². The van der Waals surface area contributed by atoms with Gasteiger partial charge in [0.1, 0.15) is 0 Å². The highest BCUT2D eigenvalue weighted by molar-refractivity contribution is 5.73. The maximum absolute atomic E-state index is 6.17. The number of anilines is 2. The van der Waals surface area contributed by atoms with Gasteiger partial charge in [-0.2, -0.15) is 0 Å². The summed E-state index contributed by atoms with van der Waals surface area (Å²) in [6.45, 7) is 8.28. The summed E-state index contributed by atoms with van der Waals surface area (Å²) in [5.41, 5.74) is 16.0. The average molecular weight is 244 g/mol. The molecule has 4 N–H and O–H groups in total. The Hall–Kier alpha value is -1.70. The first-order valence-electron chi connectivity index (χ1n) is 6.46. The highest BCUT2D eigenvalue weighted by Crippen LogP contribution is 2.34. The molecule has 0 saturated heterocycles. The summed E-state index contributed by atoms with van der Waals surface area (Å²) in [6.07, 6.45) is 8.33. The molecule has 0 spiro atoms. The van der Waals surface area contributed by atoms with Crippen LogP contribution in [0.15, 0.2) is 36.4 Å². The molecule has 0 amide bonds. The molecule has 0 radical (unpaired) electrons. The predicted octanol–water partition coefficient (Wildman–Crippen LogP) is 4.21. The van der Waals surface area contributed by atoms with Gasteiger partial charge in [-0.25, -0.2) is 0 Å². The molecule has 0 fully saturated rings. The molecule has 0 bridgehead atoms. The third kappa shape index (κ3) is 2.95. The summed E-state index contributed by atoms with van der Waals surface area (Å²) in [5, 5.41) is 0. The van der Waals surface area contributed by atoms with Crippen molar-refractivity contribution in [1.82, 2.24) is 0 Å². The standard InChI is InChI=1S/C16H24N2/c1-5-7-11(3)13-9-10-14(12(4)8-6-2)16(18)15(13)17/h5-12H,17-18H2,1-4H3/b7-5+,8-6+/t11-,12-/m1/s1. The molecule has 1 rings (SSSR count). The molecule has 0 saturated carbocycles. The lowest BCUT2D eigenvalue weighted by molar-refractivity contribution is 0.944. The highest BCUT2D eigenvalue weighted by Gasteiger charge is 2.14. The summed E-state index contributed by atoms with van der Waals surface area (Å²) in [6, 6.07) is 4.18. The molecular weight excluding hydrogens is 220 g/mol. The van der Waals surface area contributed by atoms with Gasteiger partial charge in [0.05, 0.1) is 11.4 Å². The molecule has 1 aromatic carbocycles. The van der Waals surface area contributed by atoms with Crippen LogP contribution in [0.3, 0.4) is 0 Å². The molecule has 0 aromatic heterocycles. The number of rotatable bonds is 4. The van der Waals surface area contributed by atoms with Crippen LogP contribution < -0.4 is 11.5 Å². The number of hydrogen-bond acceptors (Lipinski definition) is 2. The van der Waals surface area contributed by atoms with E-state index in [-0.39, 0.29) is 0 Å². The Morgan fingerprint density at radius 2 is 1.17 bits per heavy atom. The molecule has 0 aliphatic rings. The monoisotopic (exact) mass is 244 g/mol. The fraction of sp³-hybridized carbons (Fsp3) is 0.375. The van der Waals surface area contributed by atoms with E-state index in [0.29, 0.717) is 11.8 Å². The van der Waals surface area contributed by atoms with Gasteiger partial charge in [0.15, 0.2) is 0 Å². The van der Waals surface area contributed by atoms with E-state index < -0.39 is 0 Å². The van der Waals surface area contributed by atoms with Gasteiger partial charge in [-0.3, -0.25) is 0 Å². The van der Waals surface area contributed by atoms with Crippen LogP contribution in [0, 0.1) is 0 Å². The third-order valence-electron chi connectivity index (χ3n) is 3.30. The predicted molar refractivity (Wildman–Crippen MR) is 81.7 cm³/mol. The molecule has 0 aliphatic carbocycles. The van der Waals surface area contributed by atoms with Gasteiger partial charge >= 0.3 is 0 Å². The minimum atomic E-state index is 0.295. The summed E-state index contributed by atoms with van der Waals surface area (Å²) in [4.78, 5) is 0. The molecular formula is C16H24N2. The van der Waals surface area contributed by atoms with Crippen molar-refractivity contribution >= 4 is 11.4 Å². The summed E-state index contributed by atoms with van der Waals surface area (Å²) >= 11 is 0. The second-order valence-electron chi connectivity index (χ2n) is 4.70. The fourth-order valence-electron chi connectivity index (χ4n) is 2.25. The molecule has 2 nitrogen and oxygen atoms in total. The molecule has 0 aliphatic heterocycles. The number of nitrogens with two attached hydrogens (primary N) is 2. The zero-order chi connectivity index (χ0) is 13.7. The minimum absolute atomic E-state index is 0.295. The van der Waals surface area contributed by atoms with Gasteiger partial charge in [0.2, 0.25) is 0 Å². The zero-order valence-electron chi connectivity index (χ0n) is 11.8. The van der Waals surface area contributed by atoms with Gasteiger partial charge < -0.3 is 11.5 Å². The van der Waals surface area contributed by atoms with Crippen LogP contribution in [0.4, 0.5) is 11.4 Å². The Balaban J connectivity index is 3.20. The van der Waals surface area contributed by atoms with E-state index in [1.165, 1.54) is 0 Å². The lowest BCUT2D eigenvalue weighted by Crippen LogP contribution is -2.06. The van der Waals surface area contributed by atoms with Crippen molar-refractivity contribution in [2.75, 3.05) is 11.5 Å². The van der Waals surface area contributed by atoms with E-state index in [2.05, 4.69) is 38.1 Å². The van der Waals surface area contributed by atoms with Crippen molar-refractivity contribution in [2.24, 2.45) is 0 Å². The lowest BCUT2D eigenvalue weighted by atomic mass is 9.91. The topological polar surface area (TPSA) is 52.0 Å². The van der Waals surface area contributed by atoms with E-state index in [0.717, 1.165) is 22.5 Å². The van der Waals surface area contributed by atoms with Crippen molar-refractivity contribution < 1.29 is 0 Å². The molecule has 0 unspecified atom stereocenters. The van der Waals surface area contributed by atoms with Crippen LogP contribution in [0.1, 0.15) is 50.7 Å². The van der Waals surface area contributed by atoms with Crippen molar-refractivity contribution in [3.05, 3.63) is 47.6 Å².